The summed E-state index contributed by atoms with van der Waals surface area (Å²) in [4.78, 5) is 27.6. The van der Waals surface area contributed by atoms with Crippen LogP contribution in [0.3, 0.4) is 0 Å². The van der Waals surface area contributed by atoms with E-state index in [0.717, 1.165) is 24.1 Å². The number of Topliss-reactive ketones (excluding diaryl/α,β-unsaturated/α-hetero) is 1. The Balaban J connectivity index is 1.59. The van der Waals surface area contributed by atoms with E-state index < -0.39 is 11.9 Å². The number of halogens is 1. The first-order valence-electron chi connectivity index (χ1n) is 13.4. The molecule has 2 aliphatic heterocycles. The predicted molar refractivity (Wildman–Crippen MR) is 145 cm³/mol. The highest BCUT2D eigenvalue weighted by Gasteiger charge is 2.43. The normalized spacial score (nSPS) is 22.5. The average Bonchev–Trinajstić information content (AvgIpc) is 3.48. The number of ether oxygens (including phenoxy) is 5. The highest BCUT2D eigenvalue weighted by molar-refractivity contribution is 6.04. The first kappa shape index (κ1) is 27.7. The van der Waals surface area contributed by atoms with Crippen molar-refractivity contribution in [3.63, 3.8) is 0 Å². The third-order valence-electron chi connectivity index (χ3n) is 7.86. The lowest BCUT2D eigenvalue weighted by Crippen LogP contribution is -2.36. The maximum atomic E-state index is 13.9. The van der Waals surface area contributed by atoms with Gasteiger partial charge in [-0.3, -0.25) is 4.79 Å². The Labute approximate surface area is 233 Å². The summed E-state index contributed by atoms with van der Waals surface area (Å²) < 4.78 is 41.9. The fourth-order valence-corrected chi connectivity index (χ4v) is 5.97. The van der Waals surface area contributed by atoms with Gasteiger partial charge < -0.3 is 29.0 Å². The predicted octanol–water partition coefficient (Wildman–Crippen LogP) is 4.94. The second kappa shape index (κ2) is 11.7. The zero-order valence-corrected chi connectivity index (χ0v) is 23.2. The van der Waals surface area contributed by atoms with Crippen molar-refractivity contribution in [2.24, 2.45) is 0 Å². The Morgan fingerprint density at radius 1 is 1.02 bits per heavy atom. The Kier molecular flexibility index (Phi) is 8.12. The minimum Gasteiger partial charge on any atom is -0.493 e. The van der Waals surface area contributed by atoms with Gasteiger partial charge in [-0.2, -0.15) is 0 Å². The van der Waals surface area contributed by atoms with Gasteiger partial charge in [0.2, 0.25) is 5.75 Å². The maximum Gasteiger partial charge on any atom is 0.336 e. The molecule has 212 valence electrons. The van der Waals surface area contributed by atoms with Crippen LogP contribution in [0.25, 0.3) is 0 Å². The van der Waals surface area contributed by atoms with Crippen molar-refractivity contribution in [3.05, 3.63) is 75.9 Å². The molecule has 1 aliphatic carbocycles. The standard InChI is InChI=1S/C31H34FNO7/c1-17-26(31(35)40-16-21-6-5-13-39-21)27(22-11-12-25(36-2)30(38-4)29(22)37-3)28-23(33-17)14-19(15-24(28)34)18-7-9-20(32)10-8-18/h7-12,19,21,27,33H,5-6,13-16H2,1-4H3. The lowest BCUT2D eigenvalue weighted by Gasteiger charge is -2.37. The fraction of sp³-hybridized carbons (Fsp3) is 0.419. The van der Waals surface area contributed by atoms with E-state index in [9.17, 15) is 14.0 Å². The molecule has 2 aromatic carbocycles. The van der Waals surface area contributed by atoms with Crippen molar-refractivity contribution in [3.8, 4) is 17.2 Å². The number of allylic oxidation sites excluding steroid dienone is 3. The number of rotatable bonds is 8. The molecule has 3 unspecified atom stereocenters. The molecule has 3 atom stereocenters. The first-order chi connectivity index (χ1) is 19.4. The van der Waals surface area contributed by atoms with Crippen LogP contribution in [0.5, 0.6) is 17.2 Å². The van der Waals surface area contributed by atoms with Crippen molar-refractivity contribution < 1.29 is 37.7 Å². The van der Waals surface area contributed by atoms with E-state index in [0.29, 0.717) is 52.7 Å². The molecule has 3 aliphatic rings. The molecule has 2 aromatic rings. The van der Waals surface area contributed by atoms with Gasteiger partial charge in [-0.1, -0.05) is 18.2 Å². The van der Waals surface area contributed by atoms with Crippen molar-refractivity contribution >= 4 is 11.8 Å². The largest absolute Gasteiger partial charge is 0.493 e. The molecule has 8 nitrogen and oxygen atoms in total. The second-order valence-electron chi connectivity index (χ2n) is 10.2. The number of dihydropyridines is 1. The molecule has 2 heterocycles. The van der Waals surface area contributed by atoms with E-state index in [-0.39, 0.29) is 36.7 Å². The zero-order chi connectivity index (χ0) is 28.4. The Morgan fingerprint density at radius 3 is 2.42 bits per heavy atom. The van der Waals surface area contributed by atoms with Gasteiger partial charge in [0.15, 0.2) is 17.3 Å². The molecule has 5 rings (SSSR count). The fourth-order valence-electron chi connectivity index (χ4n) is 5.97. The van der Waals surface area contributed by atoms with Gasteiger partial charge in [-0.05, 0) is 55.9 Å². The molecule has 0 radical (unpaired) electrons. The summed E-state index contributed by atoms with van der Waals surface area (Å²) in [7, 11) is 4.55. The van der Waals surface area contributed by atoms with Crippen LogP contribution < -0.4 is 19.5 Å². The van der Waals surface area contributed by atoms with Crippen LogP contribution in [0, 0.1) is 5.82 Å². The summed E-state index contributed by atoms with van der Waals surface area (Å²) in [6.45, 7) is 2.59. The number of methoxy groups -OCH3 is 3. The molecule has 1 fully saturated rings. The van der Waals surface area contributed by atoms with E-state index in [4.69, 9.17) is 23.7 Å². The third kappa shape index (κ3) is 5.18. The van der Waals surface area contributed by atoms with Crippen LogP contribution in [0.1, 0.15) is 55.6 Å². The Hall–Kier alpha value is -3.85. The Bertz CT molecular complexity index is 1360. The van der Waals surface area contributed by atoms with E-state index in [1.807, 2.05) is 0 Å². The number of ketones is 1. The van der Waals surface area contributed by atoms with Crippen LogP contribution in [0.2, 0.25) is 0 Å². The van der Waals surface area contributed by atoms with Crippen molar-refractivity contribution in [2.45, 2.75) is 50.5 Å². The number of carbonyl (C=O) groups is 2. The minimum absolute atomic E-state index is 0.109. The summed E-state index contributed by atoms with van der Waals surface area (Å²) in [5.74, 6) is -0.665. The minimum atomic E-state index is -0.760. The number of benzene rings is 2. The topological polar surface area (TPSA) is 92.3 Å². The van der Waals surface area contributed by atoms with Crippen LogP contribution >= 0.6 is 0 Å². The third-order valence-corrected chi connectivity index (χ3v) is 7.86. The van der Waals surface area contributed by atoms with Crippen LogP contribution in [-0.2, 0) is 19.1 Å². The summed E-state index contributed by atoms with van der Waals surface area (Å²) in [5, 5.41) is 3.34. The van der Waals surface area contributed by atoms with E-state index in [2.05, 4.69) is 5.32 Å². The first-order valence-corrected chi connectivity index (χ1v) is 13.4. The second-order valence-corrected chi connectivity index (χ2v) is 10.2. The highest BCUT2D eigenvalue weighted by atomic mass is 19.1. The lowest BCUT2D eigenvalue weighted by atomic mass is 9.71. The van der Waals surface area contributed by atoms with Crippen molar-refractivity contribution in [1.29, 1.82) is 0 Å². The summed E-state index contributed by atoms with van der Waals surface area (Å²) >= 11 is 0. The zero-order valence-electron chi connectivity index (χ0n) is 23.2. The smallest absolute Gasteiger partial charge is 0.336 e. The number of carbonyl (C=O) groups excluding carboxylic acids is 2. The van der Waals surface area contributed by atoms with Crippen molar-refractivity contribution in [1.82, 2.24) is 5.32 Å². The van der Waals surface area contributed by atoms with Crippen molar-refractivity contribution in [2.75, 3.05) is 34.5 Å². The number of esters is 1. The van der Waals surface area contributed by atoms with Gasteiger partial charge in [0.05, 0.1) is 38.9 Å². The molecule has 40 heavy (non-hydrogen) atoms. The highest BCUT2D eigenvalue weighted by Crippen LogP contribution is 2.51. The summed E-state index contributed by atoms with van der Waals surface area (Å²) in [5.41, 5.74) is 3.60. The molecule has 0 amide bonds. The molecule has 0 bridgehead atoms. The van der Waals surface area contributed by atoms with Crippen LogP contribution in [0.4, 0.5) is 4.39 Å². The average molecular weight is 552 g/mol. The number of hydrogen-bond acceptors (Lipinski definition) is 8. The number of nitrogens with one attached hydrogen (secondary N) is 1. The van der Waals surface area contributed by atoms with Gasteiger partial charge in [0.25, 0.3) is 0 Å². The lowest BCUT2D eigenvalue weighted by molar-refractivity contribution is -0.142. The molecule has 0 saturated carbocycles. The van der Waals surface area contributed by atoms with E-state index in [1.165, 1.54) is 33.5 Å². The van der Waals surface area contributed by atoms with Gasteiger partial charge in [0.1, 0.15) is 12.4 Å². The summed E-state index contributed by atoms with van der Waals surface area (Å²) in [6, 6.07) is 9.77. The van der Waals surface area contributed by atoms with E-state index >= 15 is 0 Å². The van der Waals surface area contributed by atoms with Crippen LogP contribution in [-0.4, -0.2) is 52.4 Å². The number of hydrogen-bond donors (Lipinski definition) is 1. The molecule has 1 N–H and O–H groups in total. The Morgan fingerprint density at radius 2 is 1.77 bits per heavy atom. The SMILES string of the molecule is COc1ccc(C2C(C(=O)OCC3CCCO3)=C(C)NC3=C2C(=O)CC(c2ccc(F)cc2)C3)c(OC)c1OC. The van der Waals surface area contributed by atoms with Gasteiger partial charge in [-0.15, -0.1) is 0 Å². The molecular formula is C31H34FNO7. The van der Waals surface area contributed by atoms with Gasteiger partial charge >= 0.3 is 5.97 Å². The van der Waals surface area contributed by atoms with E-state index in [1.54, 1.807) is 31.2 Å². The van der Waals surface area contributed by atoms with Gasteiger partial charge in [-0.25, -0.2) is 9.18 Å². The quantitative estimate of drug-likeness (QED) is 0.462. The van der Waals surface area contributed by atoms with Gasteiger partial charge in [0, 0.05) is 35.6 Å². The monoisotopic (exact) mass is 551 g/mol. The summed E-state index contributed by atoms with van der Waals surface area (Å²) in [6.07, 6.45) is 2.36. The molecule has 0 spiro atoms. The molecule has 9 heteroatoms. The maximum absolute atomic E-state index is 13.9. The molecular weight excluding hydrogens is 517 g/mol. The van der Waals surface area contributed by atoms with Crippen LogP contribution in [0.15, 0.2) is 58.9 Å². The molecule has 1 saturated heterocycles. The molecule has 0 aromatic heterocycles.